The number of carbonyl (C=O) groups excluding carboxylic acids is 1. The average molecular weight is 371 g/mol. The Morgan fingerprint density at radius 1 is 1.38 bits per heavy atom. The smallest absolute Gasteiger partial charge is 0.252 e. The number of ether oxygens (including phenoxy) is 1. The molecule has 8 heteroatoms. The van der Waals surface area contributed by atoms with Gasteiger partial charge in [-0.15, -0.1) is 0 Å². The minimum atomic E-state index is -0.679. The van der Waals surface area contributed by atoms with Gasteiger partial charge in [0.2, 0.25) is 0 Å². The first-order valence-corrected chi connectivity index (χ1v) is 7.75. The fraction of sp³-hybridized carbons (Fsp3) is 0.0556. The molecule has 0 aliphatic rings. The molecule has 0 bridgehead atoms. The highest BCUT2D eigenvalue weighted by Crippen LogP contribution is 2.33. The molecule has 130 valence electrons. The topological polar surface area (TPSA) is 101 Å². The summed E-state index contributed by atoms with van der Waals surface area (Å²) < 4.78 is 18.5. The minimum Gasteiger partial charge on any atom is -0.496 e. The Balaban J connectivity index is 2.24. The molecule has 0 saturated heterocycles. The van der Waals surface area contributed by atoms with E-state index in [1.807, 2.05) is 6.07 Å². The van der Waals surface area contributed by atoms with Gasteiger partial charge < -0.3 is 15.8 Å². The summed E-state index contributed by atoms with van der Waals surface area (Å²) >= 11 is 5.81. The fourth-order valence-electron chi connectivity index (χ4n) is 2.52. The van der Waals surface area contributed by atoms with Gasteiger partial charge in [0.15, 0.2) is 0 Å². The molecule has 1 aromatic heterocycles. The van der Waals surface area contributed by atoms with Crippen molar-refractivity contribution in [1.82, 2.24) is 4.98 Å². The summed E-state index contributed by atoms with van der Waals surface area (Å²) in [7, 11) is 1.41. The second-order valence-corrected chi connectivity index (χ2v) is 5.75. The number of benzene rings is 2. The van der Waals surface area contributed by atoms with Crippen LogP contribution in [-0.2, 0) is 0 Å². The van der Waals surface area contributed by atoms with Gasteiger partial charge in [0, 0.05) is 23.3 Å². The number of hydrogen-bond acceptors (Lipinski definition) is 5. The SMILES string of the molecule is COc1cc2ncc(C#N)c(Nc3ccc(F)c(Cl)c3)c2cc1C(N)=O. The molecule has 6 nitrogen and oxygen atoms in total. The van der Waals surface area contributed by atoms with Crippen LogP contribution >= 0.6 is 11.6 Å². The zero-order chi connectivity index (χ0) is 18.8. The molecule has 1 amide bonds. The van der Waals surface area contributed by atoms with E-state index in [0.29, 0.717) is 22.3 Å². The molecule has 0 saturated carbocycles. The van der Waals surface area contributed by atoms with Crippen molar-refractivity contribution in [1.29, 1.82) is 5.26 Å². The molecule has 0 radical (unpaired) electrons. The Morgan fingerprint density at radius 3 is 2.77 bits per heavy atom. The van der Waals surface area contributed by atoms with Crippen LogP contribution in [0.4, 0.5) is 15.8 Å². The highest BCUT2D eigenvalue weighted by Gasteiger charge is 2.16. The first-order chi connectivity index (χ1) is 12.4. The van der Waals surface area contributed by atoms with Crippen LogP contribution in [-0.4, -0.2) is 18.0 Å². The van der Waals surface area contributed by atoms with Crippen LogP contribution in [0.25, 0.3) is 10.9 Å². The summed E-state index contributed by atoms with van der Waals surface area (Å²) in [6, 6.07) is 9.16. The van der Waals surface area contributed by atoms with Crippen LogP contribution in [0.2, 0.25) is 5.02 Å². The predicted octanol–water partition coefficient (Wildman–Crippen LogP) is 3.75. The third-order valence-electron chi connectivity index (χ3n) is 3.76. The Morgan fingerprint density at radius 2 is 2.15 bits per heavy atom. The van der Waals surface area contributed by atoms with E-state index in [9.17, 15) is 14.4 Å². The van der Waals surface area contributed by atoms with Gasteiger partial charge in [-0.05, 0) is 24.3 Å². The summed E-state index contributed by atoms with van der Waals surface area (Å²) in [6.07, 6.45) is 1.39. The van der Waals surface area contributed by atoms with Crippen molar-refractivity contribution in [2.45, 2.75) is 0 Å². The van der Waals surface area contributed by atoms with Crippen molar-refractivity contribution in [3.8, 4) is 11.8 Å². The highest BCUT2D eigenvalue weighted by atomic mass is 35.5. The Kier molecular flexibility index (Phi) is 4.61. The molecule has 3 rings (SSSR count). The molecule has 0 fully saturated rings. The number of amides is 1. The van der Waals surface area contributed by atoms with Gasteiger partial charge >= 0.3 is 0 Å². The molecule has 0 atom stereocenters. The second-order valence-electron chi connectivity index (χ2n) is 5.35. The molecule has 0 unspecified atom stereocenters. The van der Waals surface area contributed by atoms with Crippen LogP contribution in [0.5, 0.6) is 5.75 Å². The maximum Gasteiger partial charge on any atom is 0.252 e. The molecular weight excluding hydrogens is 359 g/mol. The van der Waals surface area contributed by atoms with Gasteiger partial charge in [0.1, 0.15) is 17.6 Å². The van der Waals surface area contributed by atoms with Crippen LogP contribution in [0.3, 0.4) is 0 Å². The Labute approximate surface area is 153 Å². The molecule has 3 N–H and O–H groups in total. The number of nitriles is 1. The van der Waals surface area contributed by atoms with E-state index in [2.05, 4.69) is 10.3 Å². The quantitative estimate of drug-likeness (QED) is 0.728. The largest absolute Gasteiger partial charge is 0.496 e. The Bertz CT molecular complexity index is 1080. The lowest BCUT2D eigenvalue weighted by molar-refractivity contribution is 0.0997. The standard InChI is InChI=1S/C18H12ClFN4O2/c1-26-16-6-15-11(5-12(16)18(22)25)17(9(7-21)8-23-15)24-10-2-3-14(20)13(19)4-10/h2-6,8H,1H3,(H2,22,25)(H,23,24). The molecule has 26 heavy (non-hydrogen) atoms. The van der Waals surface area contributed by atoms with Gasteiger partial charge in [0.25, 0.3) is 5.91 Å². The van der Waals surface area contributed by atoms with E-state index >= 15 is 0 Å². The van der Waals surface area contributed by atoms with Crippen LogP contribution in [0.1, 0.15) is 15.9 Å². The van der Waals surface area contributed by atoms with Gasteiger partial charge in [-0.2, -0.15) is 5.26 Å². The fourth-order valence-corrected chi connectivity index (χ4v) is 2.70. The van der Waals surface area contributed by atoms with Gasteiger partial charge in [-0.1, -0.05) is 11.6 Å². The maximum atomic E-state index is 13.4. The van der Waals surface area contributed by atoms with Gasteiger partial charge in [0.05, 0.1) is 34.5 Å². The third kappa shape index (κ3) is 3.10. The molecule has 2 aromatic carbocycles. The molecule has 0 aliphatic heterocycles. The maximum absolute atomic E-state index is 13.4. The lowest BCUT2D eigenvalue weighted by atomic mass is 10.0. The van der Waals surface area contributed by atoms with Gasteiger partial charge in [-0.3, -0.25) is 9.78 Å². The number of aromatic nitrogens is 1. The first kappa shape index (κ1) is 17.5. The lowest BCUT2D eigenvalue weighted by Gasteiger charge is -2.14. The second kappa shape index (κ2) is 6.86. The number of rotatable bonds is 4. The first-order valence-electron chi connectivity index (χ1n) is 7.37. The van der Waals surface area contributed by atoms with Crippen molar-refractivity contribution in [2.75, 3.05) is 12.4 Å². The van der Waals surface area contributed by atoms with E-state index in [1.165, 1.54) is 37.6 Å². The number of hydrogen-bond donors (Lipinski definition) is 2. The molecule has 0 spiro atoms. The number of fused-ring (bicyclic) bond motifs is 1. The van der Waals surface area contributed by atoms with Crippen molar-refractivity contribution in [2.24, 2.45) is 5.73 Å². The summed E-state index contributed by atoms with van der Waals surface area (Å²) in [6.45, 7) is 0. The summed E-state index contributed by atoms with van der Waals surface area (Å²) in [5.74, 6) is -0.960. The van der Waals surface area contributed by atoms with Crippen molar-refractivity contribution >= 4 is 39.8 Å². The van der Waals surface area contributed by atoms with E-state index in [1.54, 1.807) is 6.07 Å². The van der Waals surface area contributed by atoms with Crippen molar-refractivity contribution in [3.05, 3.63) is 58.5 Å². The number of nitrogens with two attached hydrogens (primary N) is 1. The van der Waals surface area contributed by atoms with Crippen LogP contribution in [0, 0.1) is 17.1 Å². The molecule has 0 aliphatic carbocycles. The van der Waals surface area contributed by atoms with Gasteiger partial charge in [-0.25, -0.2) is 4.39 Å². The summed E-state index contributed by atoms with van der Waals surface area (Å²) in [5.41, 5.74) is 7.14. The van der Waals surface area contributed by atoms with Crippen LogP contribution in [0.15, 0.2) is 36.5 Å². The predicted molar refractivity (Wildman–Crippen MR) is 96.2 cm³/mol. The number of carbonyl (C=O) groups is 1. The molecule has 1 heterocycles. The molecular formula is C18H12ClFN4O2. The van der Waals surface area contributed by atoms with Crippen molar-refractivity contribution < 1.29 is 13.9 Å². The van der Waals surface area contributed by atoms with E-state index in [0.717, 1.165) is 0 Å². The molecule has 3 aromatic rings. The zero-order valence-corrected chi connectivity index (χ0v) is 14.3. The number of methoxy groups -OCH3 is 1. The number of anilines is 2. The number of primary amides is 1. The van der Waals surface area contributed by atoms with E-state index in [-0.39, 0.29) is 21.9 Å². The van der Waals surface area contributed by atoms with E-state index < -0.39 is 11.7 Å². The lowest BCUT2D eigenvalue weighted by Crippen LogP contribution is -2.12. The normalized spacial score (nSPS) is 10.4. The van der Waals surface area contributed by atoms with Crippen molar-refractivity contribution in [3.63, 3.8) is 0 Å². The number of halogens is 2. The summed E-state index contributed by atoms with van der Waals surface area (Å²) in [5, 5.41) is 12.9. The number of nitrogens with zero attached hydrogens (tertiary/aromatic N) is 2. The van der Waals surface area contributed by atoms with E-state index in [4.69, 9.17) is 22.1 Å². The minimum absolute atomic E-state index is 0.0636. The highest BCUT2D eigenvalue weighted by molar-refractivity contribution is 6.31. The zero-order valence-electron chi connectivity index (χ0n) is 13.5. The summed E-state index contributed by atoms with van der Waals surface area (Å²) in [4.78, 5) is 15.9. The Hall–Kier alpha value is -3.37. The average Bonchev–Trinajstić information content (AvgIpc) is 2.63. The van der Waals surface area contributed by atoms with Crippen LogP contribution < -0.4 is 15.8 Å². The number of nitrogens with one attached hydrogen (secondary N) is 1. The number of pyridine rings is 1. The third-order valence-corrected chi connectivity index (χ3v) is 4.05. The monoisotopic (exact) mass is 370 g/mol.